The topological polar surface area (TPSA) is 48.1 Å². The molecule has 2 aromatic rings. The number of benzene rings is 1. The van der Waals surface area contributed by atoms with Crippen LogP contribution >= 0.6 is 12.4 Å². The Balaban J connectivity index is 0.00000144. The first-order chi connectivity index (χ1) is 7.79. The van der Waals surface area contributed by atoms with Crippen molar-refractivity contribution in [1.29, 1.82) is 0 Å². The molecule has 90 valence electrons. The van der Waals surface area contributed by atoms with Gasteiger partial charge in [0.05, 0.1) is 0 Å². The second kappa shape index (κ2) is 6.23. The van der Waals surface area contributed by atoms with Crippen LogP contribution in [0.5, 0.6) is 11.6 Å². The van der Waals surface area contributed by atoms with Crippen molar-refractivity contribution in [2.75, 3.05) is 0 Å². The van der Waals surface area contributed by atoms with Crippen LogP contribution in [0.1, 0.15) is 11.1 Å². The molecule has 0 saturated carbocycles. The molecule has 0 aliphatic carbocycles. The van der Waals surface area contributed by atoms with E-state index in [1.54, 1.807) is 6.20 Å². The quantitative estimate of drug-likeness (QED) is 0.911. The van der Waals surface area contributed by atoms with Crippen LogP contribution in [0, 0.1) is 6.92 Å². The number of ether oxygens (including phenoxy) is 1. The van der Waals surface area contributed by atoms with Gasteiger partial charge in [0.15, 0.2) is 0 Å². The molecule has 0 saturated heterocycles. The summed E-state index contributed by atoms with van der Waals surface area (Å²) in [7, 11) is 0. The van der Waals surface area contributed by atoms with Crippen molar-refractivity contribution >= 4 is 12.4 Å². The lowest BCUT2D eigenvalue weighted by atomic mass is 10.2. The van der Waals surface area contributed by atoms with E-state index in [9.17, 15) is 0 Å². The maximum Gasteiger partial charge on any atom is 0.219 e. The molecule has 0 amide bonds. The Labute approximate surface area is 107 Å². The van der Waals surface area contributed by atoms with E-state index in [0.29, 0.717) is 12.4 Å². The van der Waals surface area contributed by atoms with Crippen molar-refractivity contribution in [3.05, 3.63) is 53.7 Å². The van der Waals surface area contributed by atoms with E-state index in [-0.39, 0.29) is 12.4 Å². The van der Waals surface area contributed by atoms with Crippen LogP contribution in [0.25, 0.3) is 0 Å². The number of hydrogen-bond donors (Lipinski definition) is 1. The third-order valence-electron chi connectivity index (χ3n) is 2.38. The van der Waals surface area contributed by atoms with Crippen LogP contribution < -0.4 is 10.5 Å². The predicted octanol–water partition coefficient (Wildman–Crippen LogP) is 3.06. The second-order valence-corrected chi connectivity index (χ2v) is 3.57. The number of aryl methyl sites for hydroxylation is 1. The number of pyridine rings is 1. The number of aromatic nitrogens is 1. The molecule has 0 unspecified atom stereocenters. The highest BCUT2D eigenvalue weighted by atomic mass is 35.5. The summed E-state index contributed by atoms with van der Waals surface area (Å²) in [6.07, 6.45) is 1.76. The molecule has 4 heteroatoms. The summed E-state index contributed by atoms with van der Waals surface area (Å²) in [5, 5.41) is 0. The maximum absolute atomic E-state index is 5.61. The van der Waals surface area contributed by atoms with E-state index >= 15 is 0 Å². The normalized spacial score (nSPS) is 9.53. The largest absolute Gasteiger partial charge is 0.439 e. The zero-order chi connectivity index (χ0) is 11.4. The van der Waals surface area contributed by atoms with Gasteiger partial charge in [-0.2, -0.15) is 0 Å². The zero-order valence-electron chi connectivity index (χ0n) is 9.59. The predicted molar refractivity (Wildman–Crippen MR) is 70.6 cm³/mol. The Morgan fingerprint density at radius 3 is 2.53 bits per heavy atom. The summed E-state index contributed by atoms with van der Waals surface area (Å²) >= 11 is 0. The molecule has 0 aliphatic rings. The number of para-hydroxylation sites is 1. The monoisotopic (exact) mass is 250 g/mol. The van der Waals surface area contributed by atoms with Gasteiger partial charge in [-0.1, -0.05) is 18.2 Å². The lowest BCUT2D eigenvalue weighted by Gasteiger charge is -2.07. The molecule has 2 rings (SSSR count). The van der Waals surface area contributed by atoms with Gasteiger partial charge in [0.2, 0.25) is 5.88 Å². The van der Waals surface area contributed by atoms with Gasteiger partial charge in [0, 0.05) is 18.8 Å². The van der Waals surface area contributed by atoms with Crippen molar-refractivity contribution < 1.29 is 4.74 Å². The molecule has 3 nitrogen and oxygen atoms in total. The number of nitrogens with two attached hydrogens (primary N) is 1. The van der Waals surface area contributed by atoms with Crippen LogP contribution in [0.2, 0.25) is 0 Å². The molecule has 0 fully saturated rings. The van der Waals surface area contributed by atoms with Gasteiger partial charge in [0.1, 0.15) is 5.75 Å². The summed E-state index contributed by atoms with van der Waals surface area (Å²) in [6.45, 7) is 2.51. The molecule has 17 heavy (non-hydrogen) atoms. The SMILES string of the molecule is Cc1cc(Oc2ccccc2)ncc1CN.Cl. The van der Waals surface area contributed by atoms with E-state index < -0.39 is 0 Å². The van der Waals surface area contributed by atoms with Crippen LogP contribution in [-0.4, -0.2) is 4.98 Å². The Kier molecular flexibility index (Phi) is 4.94. The average molecular weight is 251 g/mol. The fraction of sp³-hybridized carbons (Fsp3) is 0.154. The summed E-state index contributed by atoms with van der Waals surface area (Å²) in [5.74, 6) is 1.38. The highest BCUT2D eigenvalue weighted by Crippen LogP contribution is 2.20. The van der Waals surface area contributed by atoms with Crippen molar-refractivity contribution in [1.82, 2.24) is 4.98 Å². The lowest BCUT2D eigenvalue weighted by molar-refractivity contribution is 0.462. The zero-order valence-corrected chi connectivity index (χ0v) is 10.4. The first-order valence-electron chi connectivity index (χ1n) is 5.18. The minimum Gasteiger partial charge on any atom is -0.439 e. The molecule has 0 aliphatic heterocycles. The van der Waals surface area contributed by atoms with E-state index in [1.165, 1.54) is 0 Å². The smallest absolute Gasteiger partial charge is 0.219 e. The van der Waals surface area contributed by atoms with E-state index in [2.05, 4.69) is 4.98 Å². The highest BCUT2D eigenvalue weighted by Gasteiger charge is 2.01. The molecule has 0 spiro atoms. The van der Waals surface area contributed by atoms with Crippen LogP contribution in [-0.2, 0) is 6.54 Å². The number of halogens is 1. The van der Waals surface area contributed by atoms with Crippen molar-refractivity contribution in [2.24, 2.45) is 5.73 Å². The van der Waals surface area contributed by atoms with Crippen molar-refractivity contribution in [3.63, 3.8) is 0 Å². The second-order valence-electron chi connectivity index (χ2n) is 3.57. The Bertz CT molecular complexity index is 474. The standard InChI is InChI=1S/C13H14N2O.ClH/c1-10-7-13(15-9-11(10)8-14)16-12-5-3-2-4-6-12;/h2-7,9H,8,14H2,1H3;1H. The number of rotatable bonds is 3. The lowest BCUT2D eigenvalue weighted by Crippen LogP contribution is -2.00. The van der Waals surface area contributed by atoms with Gasteiger partial charge in [0.25, 0.3) is 0 Å². The third-order valence-corrected chi connectivity index (χ3v) is 2.38. The van der Waals surface area contributed by atoms with Gasteiger partial charge >= 0.3 is 0 Å². The molecule has 1 aromatic carbocycles. The Hall–Kier alpha value is -1.58. The van der Waals surface area contributed by atoms with Gasteiger partial charge in [-0.25, -0.2) is 4.98 Å². The van der Waals surface area contributed by atoms with Gasteiger partial charge < -0.3 is 10.5 Å². The molecule has 0 bridgehead atoms. The fourth-order valence-corrected chi connectivity index (χ4v) is 1.44. The van der Waals surface area contributed by atoms with Crippen LogP contribution in [0.15, 0.2) is 42.6 Å². The van der Waals surface area contributed by atoms with E-state index in [0.717, 1.165) is 16.9 Å². The first-order valence-corrected chi connectivity index (χ1v) is 5.18. The molecule has 1 aromatic heterocycles. The van der Waals surface area contributed by atoms with Crippen LogP contribution in [0.4, 0.5) is 0 Å². The maximum atomic E-state index is 5.61. The van der Waals surface area contributed by atoms with Crippen molar-refractivity contribution in [2.45, 2.75) is 13.5 Å². The number of hydrogen-bond acceptors (Lipinski definition) is 3. The minimum absolute atomic E-state index is 0. The molecule has 0 atom stereocenters. The molecule has 1 heterocycles. The van der Waals surface area contributed by atoms with E-state index in [4.69, 9.17) is 10.5 Å². The molecular formula is C13H15ClN2O. The Morgan fingerprint density at radius 2 is 1.94 bits per heavy atom. The fourth-order valence-electron chi connectivity index (χ4n) is 1.44. The molecule has 2 N–H and O–H groups in total. The summed E-state index contributed by atoms with van der Waals surface area (Å²) < 4.78 is 5.61. The van der Waals surface area contributed by atoms with Gasteiger partial charge in [-0.05, 0) is 30.2 Å². The Morgan fingerprint density at radius 1 is 1.24 bits per heavy atom. The van der Waals surface area contributed by atoms with E-state index in [1.807, 2.05) is 43.3 Å². The average Bonchev–Trinajstić information content (AvgIpc) is 2.31. The molecular weight excluding hydrogens is 236 g/mol. The summed E-state index contributed by atoms with van der Waals surface area (Å²) in [5.41, 5.74) is 7.71. The number of nitrogens with zero attached hydrogens (tertiary/aromatic N) is 1. The first kappa shape index (κ1) is 13.5. The highest BCUT2D eigenvalue weighted by molar-refractivity contribution is 5.85. The summed E-state index contributed by atoms with van der Waals surface area (Å²) in [4.78, 5) is 4.20. The minimum atomic E-state index is 0. The third kappa shape index (κ3) is 3.44. The van der Waals surface area contributed by atoms with Gasteiger partial charge in [-0.3, -0.25) is 0 Å². The summed E-state index contributed by atoms with van der Waals surface area (Å²) in [6, 6.07) is 11.5. The molecule has 0 radical (unpaired) electrons. The van der Waals surface area contributed by atoms with Gasteiger partial charge in [-0.15, -0.1) is 12.4 Å². The van der Waals surface area contributed by atoms with Crippen LogP contribution in [0.3, 0.4) is 0 Å². The van der Waals surface area contributed by atoms with Crippen molar-refractivity contribution in [3.8, 4) is 11.6 Å².